The van der Waals surface area contributed by atoms with Gasteiger partial charge in [0, 0.05) is 13.1 Å². The van der Waals surface area contributed by atoms with Gasteiger partial charge in [0.1, 0.15) is 0 Å². The lowest BCUT2D eigenvalue weighted by Gasteiger charge is -2.23. The standard InChI is InChI=1S/C12H24N2O2S/c1-11-4-8-14(10-11)17(15,16)9-5-12-2-6-13-7-3-12/h11-13H,2-10H2,1H3. The van der Waals surface area contributed by atoms with Crippen molar-refractivity contribution in [2.75, 3.05) is 31.9 Å². The van der Waals surface area contributed by atoms with Gasteiger partial charge in [0.15, 0.2) is 0 Å². The molecule has 0 amide bonds. The van der Waals surface area contributed by atoms with Gasteiger partial charge in [-0.1, -0.05) is 6.92 Å². The fourth-order valence-corrected chi connectivity index (χ4v) is 4.52. The Morgan fingerprint density at radius 2 is 1.94 bits per heavy atom. The second kappa shape index (κ2) is 5.67. The topological polar surface area (TPSA) is 49.4 Å². The molecule has 1 unspecified atom stereocenters. The van der Waals surface area contributed by atoms with Gasteiger partial charge in [0.05, 0.1) is 5.75 Å². The van der Waals surface area contributed by atoms with Gasteiger partial charge >= 0.3 is 0 Å². The predicted octanol–water partition coefficient (Wildman–Crippen LogP) is 1.05. The highest BCUT2D eigenvalue weighted by molar-refractivity contribution is 7.89. The van der Waals surface area contributed by atoms with Crippen molar-refractivity contribution in [1.29, 1.82) is 0 Å². The lowest BCUT2D eigenvalue weighted by molar-refractivity contribution is 0.362. The van der Waals surface area contributed by atoms with Crippen LogP contribution in [0, 0.1) is 11.8 Å². The lowest BCUT2D eigenvalue weighted by atomic mass is 9.96. The van der Waals surface area contributed by atoms with Crippen LogP contribution in [0.25, 0.3) is 0 Å². The van der Waals surface area contributed by atoms with Crippen molar-refractivity contribution in [2.45, 2.75) is 32.6 Å². The van der Waals surface area contributed by atoms with Gasteiger partial charge < -0.3 is 5.32 Å². The monoisotopic (exact) mass is 260 g/mol. The minimum absolute atomic E-state index is 0.352. The van der Waals surface area contributed by atoms with Crippen LogP contribution >= 0.6 is 0 Å². The summed E-state index contributed by atoms with van der Waals surface area (Å²) in [4.78, 5) is 0. The van der Waals surface area contributed by atoms with Crippen molar-refractivity contribution >= 4 is 10.0 Å². The van der Waals surface area contributed by atoms with Gasteiger partial charge in [-0.05, 0) is 50.6 Å². The fourth-order valence-electron chi connectivity index (χ4n) is 2.76. The molecular formula is C12H24N2O2S. The molecule has 2 fully saturated rings. The molecule has 0 bridgehead atoms. The first-order valence-electron chi connectivity index (χ1n) is 6.76. The summed E-state index contributed by atoms with van der Waals surface area (Å²) in [7, 11) is -2.98. The Morgan fingerprint density at radius 3 is 2.53 bits per heavy atom. The van der Waals surface area contributed by atoms with Crippen molar-refractivity contribution < 1.29 is 8.42 Å². The molecule has 4 nitrogen and oxygen atoms in total. The van der Waals surface area contributed by atoms with Crippen molar-refractivity contribution in [3.63, 3.8) is 0 Å². The maximum absolute atomic E-state index is 12.1. The zero-order valence-corrected chi connectivity index (χ0v) is 11.5. The van der Waals surface area contributed by atoms with E-state index in [0.29, 0.717) is 17.6 Å². The van der Waals surface area contributed by atoms with E-state index in [1.165, 1.54) is 0 Å². The Morgan fingerprint density at radius 1 is 1.24 bits per heavy atom. The number of hydrogen-bond acceptors (Lipinski definition) is 3. The molecule has 2 rings (SSSR count). The average molecular weight is 260 g/mol. The molecule has 0 spiro atoms. The van der Waals surface area contributed by atoms with Crippen LogP contribution < -0.4 is 5.32 Å². The fraction of sp³-hybridized carbons (Fsp3) is 1.00. The first-order valence-corrected chi connectivity index (χ1v) is 8.37. The van der Waals surface area contributed by atoms with Crippen LogP contribution in [0.5, 0.6) is 0 Å². The highest BCUT2D eigenvalue weighted by Crippen LogP contribution is 2.22. The van der Waals surface area contributed by atoms with Crippen LogP contribution in [0.3, 0.4) is 0 Å². The molecule has 100 valence electrons. The number of hydrogen-bond donors (Lipinski definition) is 1. The lowest BCUT2D eigenvalue weighted by Crippen LogP contribution is -2.33. The summed E-state index contributed by atoms with van der Waals surface area (Å²) in [6.07, 6.45) is 4.12. The minimum atomic E-state index is -2.98. The Kier molecular flexibility index (Phi) is 4.44. The maximum Gasteiger partial charge on any atom is 0.214 e. The average Bonchev–Trinajstić information content (AvgIpc) is 2.76. The van der Waals surface area contributed by atoms with Crippen LogP contribution in [0.15, 0.2) is 0 Å². The highest BCUT2D eigenvalue weighted by atomic mass is 32.2. The van der Waals surface area contributed by atoms with Crippen molar-refractivity contribution in [3.05, 3.63) is 0 Å². The summed E-state index contributed by atoms with van der Waals surface area (Å²) < 4.78 is 26.0. The summed E-state index contributed by atoms with van der Waals surface area (Å²) in [6, 6.07) is 0. The minimum Gasteiger partial charge on any atom is -0.317 e. The molecule has 0 aromatic rings. The smallest absolute Gasteiger partial charge is 0.214 e. The van der Waals surface area contributed by atoms with E-state index in [0.717, 1.165) is 51.9 Å². The third kappa shape index (κ3) is 3.66. The van der Waals surface area contributed by atoms with Gasteiger partial charge in [0.2, 0.25) is 10.0 Å². The van der Waals surface area contributed by atoms with Crippen molar-refractivity contribution in [2.24, 2.45) is 11.8 Å². The van der Waals surface area contributed by atoms with E-state index in [9.17, 15) is 8.42 Å². The van der Waals surface area contributed by atoms with Gasteiger partial charge in [-0.2, -0.15) is 0 Å². The molecule has 0 aromatic heterocycles. The largest absolute Gasteiger partial charge is 0.317 e. The summed E-state index contributed by atoms with van der Waals surface area (Å²) in [6.45, 7) is 5.68. The summed E-state index contributed by atoms with van der Waals surface area (Å²) >= 11 is 0. The van der Waals surface area contributed by atoms with E-state index in [4.69, 9.17) is 0 Å². The quantitative estimate of drug-likeness (QED) is 0.822. The van der Waals surface area contributed by atoms with Crippen LogP contribution in [0.4, 0.5) is 0 Å². The second-order valence-electron chi connectivity index (χ2n) is 5.55. The van der Waals surface area contributed by atoms with Crippen LogP contribution in [-0.4, -0.2) is 44.7 Å². The van der Waals surface area contributed by atoms with Gasteiger partial charge in [-0.25, -0.2) is 12.7 Å². The predicted molar refractivity (Wildman–Crippen MR) is 69.4 cm³/mol. The molecular weight excluding hydrogens is 236 g/mol. The normalized spacial score (nSPS) is 28.6. The number of nitrogens with zero attached hydrogens (tertiary/aromatic N) is 1. The van der Waals surface area contributed by atoms with E-state index in [2.05, 4.69) is 12.2 Å². The van der Waals surface area contributed by atoms with Crippen molar-refractivity contribution in [3.8, 4) is 0 Å². The summed E-state index contributed by atoms with van der Waals surface area (Å²) in [5.41, 5.74) is 0. The molecule has 0 radical (unpaired) electrons. The van der Waals surface area contributed by atoms with E-state index in [1.807, 2.05) is 0 Å². The van der Waals surface area contributed by atoms with E-state index in [-0.39, 0.29) is 0 Å². The van der Waals surface area contributed by atoms with E-state index in [1.54, 1.807) is 4.31 Å². The maximum atomic E-state index is 12.1. The molecule has 0 saturated carbocycles. The zero-order chi connectivity index (χ0) is 12.3. The molecule has 17 heavy (non-hydrogen) atoms. The summed E-state index contributed by atoms with van der Waals surface area (Å²) in [5.74, 6) is 1.49. The summed E-state index contributed by atoms with van der Waals surface area (Å²) in [5, 5.41) is 3.31. The Balaban J connectivity index is 1.80. The third-order valence-corrected chi connectivity index (χ3v) is 5.89. The molecule has 0 aromatic carbocycles. The number of nitrogens with one attached hydrogen (secondary N) is 1. The molecule has 0 aliphatic carbocycles. The molecule has 1 atom stereocenters. The zero-order valence-electron chi connectivity index (χ0n) is 10.7. The highest BCUT2D eigenvalue weighted by Gasteiger charge is 2.29. The van der Waals surface area contributed by atoms with E-state index >= 15 is 0 Å². The molecule has 2 aliphatic rings. The Hall–Kier alpha value is -0.130. The Bertz CT molecular complexity index is 336. The van der Waals surface area contributed by atoms with Crippen LogP contribution in [0.2, 0.25) is 0 Å². The van der Waals surface area contributed by atoms with Gasteiger partial charge in [-0.15, -0.1) is 0 Å². The third-order valence-electron chi connectivity index (χ3n) is 4.02. The second-order valence-corrected chi connectivity index (χ2v) is 7.64. The van der Waals surface area contributed by atoms with Crippen molar-refractivity contribution in [1.82, 2.24) is 9.62 Å². The first kappa shape index (κ1) is 13.3. The number of piperidine rings is 1. The molecule has 2 saturated heterocycles. The molecule has 2 aliphatic heterocycles. The SMILES string of the molecule is CC1CCN(S(=O)(=O)CCC2CCNCC2)C1. The van der Waals surface area contributed by atoms with Gasteiger partial charge in [-0.3, -0.25) is 0 Å². The molecule has 1 N–H and O–H groups in total. The molecule has 2 heterocycles. The molecule has 5 heteroatoms. The number of rotatable bonds is 4. The van der Waals surface area contributed by atoms with Crippen LogP contribution in [-0.2, 0) is 10.0 Å². The Labute approximate surface area is 105 Å². The van der Waals surface area contributed by atoms with Crippen LogP contribution in [0.1, 0.15) is 32.6 Å². The van der Waals surface area contributed by atoms with E-state index < -0.39 is 10.0 Å². The number of sulfonamides is 1. The van der Waals surface area contributed by atoms with Gasteiger partial charge in [0.25, 0.3) is 0 Å². The first-order chi connectivity index (χ1) is 8.08.